The fourth-order valence-corrected chi connectivity index (χ4v) is 2.90. The SMILES string of the molecule is CC(C)COC(=O)C1(c2ccccc2)CCCCC1. The van der Waals surface area contributed by atoms with Crippen molar-refractivity contribution < 1.29 is 9.53 Å². The van der Waals surface area contributed by atoms with Crippen molar-refractivity contribution in [2.45, 2.75) is 51.4 Å². The van der Waals surface area contributed by atoms with Crippen LogP contribution in [0.15, 0.2) is 30.3 Å². The van der Waals surface area contributed by atoms with Crippen LogP contribution in [0.25, 0.3) is 0 Å². The number of ether oxygens (including phenoxy) is 1. The zero-order chi connectivity index (χ0) is 13.7. The Morgan fingerprint density at radius 1 is 1.16 bits per heavy atom. The summed E-state index contributed by atoms with van der Waals surface area (Å²) in [5.41, 5.74) is 0.734. The van der Waals surface area contributed by atoms with Crippen LogP contribution >= 0.6 is 0 Å². The van der Waals surface area contributed by atoms with Crippen molar-refractivity contribution in [3.63, 3.8) is 0 Å². The molecule has 1 aromatic rings. The van der Waals surface area contributed by atoms with Gasteiger partial charge in [-0.15, -0.1) is 0 Å². The molecule has 0 aliphatic heterocycles. The minimum atomic E-state index is -0.394. The number of carbonyl (C=O) groups is 1. The third-order valence-corrected chi connectivity index (χ3v) is 3.97. The molecule has 0 heterocycles. The molecule has 2 rings (SSSR count). The molecule has 104 valence electrons. The highest BCUT2D eigenvalue weighted by Crippen LogP contribution is 2.40. The molecule has 19 heavy (non-hydrogen) atoms. The fraction of sp³-hybridized carbons (Fsp3) is 0.588. The van der Waals surface area contributed by atoms with Gasteiger partial charge in [-0.25, -0.2) is 0 Å². The molecule has 1 aliphatic rings. The molecule has 1 aromatic carbocycles. The van der Waals surface area contributed by atoms with Gasteiger partial charge in [-0.3, -0.25) is 4.79 Å². The van der Waals surface area contributed by atoms with Gasteiger partial charge in [-0.05, 0) is 24.3 Å². The number of benzene rings is 1. The largest absolute Gasteiger partial charge is 0.465 e. The first-order chi connectivity index (χ1) is 9.15. The van der Waals surface area contributed by atoms with E-state index in [9.17, 15) is 4.79 Å². The normalized spacial score (nSPS) is 18.3. The lowest BCUT2D eigenvalue weighted by atomic mass is 9.69. The Morgan fingerprint density at radius 2 is 1.79 bits per heavy atom. The van der Waals surface area contributed by atoms with Crippen molar-refractivity contribution in [1.82, 2.24) is 0 Å². The second kappa shape index (κ2) is 6.23. The lowest BCUT2D eigenvalue weighted by molar-refractivity contribution is -0.153. The van der Waals surface area contributed by atoms with Gasteiger partial charge in [0, 0.05) is 0 Å². The van der Waals surface area contributed by atoms with Crippen molar-refractivity contribution in [3.05, 3.63) is 35.9 Å². The van der Waals surface area contributed by atoms with Crippen molar-refractivity contribution in [3.8, 4) is 0 Å². The lowest BCUT2D eigenvalue weighted by Gasteiger charge is -2.35. The Labute approximate surface area is 116 Å². The van der Waals surface area contributed by atoms with Crippen LogP contribution in [0.4, 0.5) is 0 Å². The number of carbonyl (C=O) groups excluding carboxylic acids is 1. The van der Waals surface area contributed by atoms with E-state index >= 15 is 0 Å². The number of hydrogen-bond acceptors (Lipinski definition) is 2. The lowest BCUT2D eigenvalue weighted by Crippen LogP contribution is -2.39. The van der Waals surface area contributed by atoms with E-state index in [1.165, 1.54) is 6.42 Å². The maximum absolute atomic E-state index is 12.6. The van der Waals surface area contributed by atoms with Gasteiger partial charge in [0.25, 0.3) is 0 Å². The second-order valence-corrected chi connectivity index (χ2v) is 6.00. The minimum absolute atomic E-state index is 0.0212. The van der Waals surface area contributed by atoms with Crippen LogP contribution in [-0.4, -0.2) is 12.6 Å². The van der Waals surface area contributed by atoms with E-state index in [0.717, 1.165) is 31.2 Å². The van der Waals surface area contributed by atoms with E-state index in [2.05, 4.69) is 26.0 Å². The minimum Gasteiger partial charge on any atom is -0.465 e. The zero-order valence-corrected chi connectivity index (χ0v) is 12.0. The summed E-state index contributed by atoms with van der Waals surface area (Å²) in [4.78, 5) is 12.6. The molecule has 0 spiro atoms. The topological polar surface area (TPSA) is 26.3 Å². The van der Waals surface area contributed by atoms with E-state index in [-0.39, 0.29) is 5.97 Å². The molecule has 0 saturated heterocycles. The van der Waals surface area contributed by atoms with Crippen molar-refractivity contribution in [2.75, 3.05) is 6.61 Å². The first-order valence-corrected chi connectivity index (χ1v) is 7.38. The zero-order valence-electron chi connectivity index (χ0n) is 12.0. The van der Waals surface area contributed by atoms with Crippen molar-refractivity contribution >= 4 is 5.97 Å². The summed E-state index contributed by atoms with van der Waals surface area (Å²) >= 11 is 0. The fourth-order valence-electron chi connectivity index (χ4n) is 2.90. The van der Waals surface area contributed by atoms with Crippen LogP contribution in [0.1, 0.15) is 51.5 Å². The summed E-state index contributed by atoms with van der Waals surface area (Å²) in [7, 11) is 0. The third-order valence-electron chi connectivity index (χ3n) is 3.97. The number of rotatable bonds is 4. The Hall–Kier alpha value is -1.31. The summed E-state index contributed by atoms with van der Waals surface area (Å²) in [6, 6.07) is 10.2. The van der Waals surface area contributed by atoms with Gasteiger partial charge in [0.2, 0.25) is 0 Å². The summed E-state index contributed by atoms with van der Waals surface area (Å²) in [6.45, 7) is 4.67. The predicted molar refractivity (Wildman–Crippen MR) is 77.0 cm³/mol. The monoisotopic (exact) mass is 260 g/mol. The molecule has 2 nitrogen and oxygen atoms in total. The molecule has 0 N–H and O–H groups in total. The molecule has 0 radical (unpaired) electrons. The predicted octanol–water partition coefficient (Wildman–Crippen LogP) is 4.09. The van der Waals surface area contributed by atoms with Gasteiger partial charge in [-0.2, -0.15) is 0 Å². The third kappa shape index (κ3) is 3.17. The average molecular weight is 260 g/mol. The first-order valence-electron chi connectivity index (χ1n) is 7.38. The maximum atomic E-state index is 12.6. The van der Waals surface area contributed by atoms with Gasteiger partial charge in [0.15, 0.2) is 0 Å². The second-order valence-electron chi connectivity index (χ2n) is 6.00. The van der Waals surface area contributed by atoms with Crippen LogP contribution in [-0.2, 0) is 14.9 Å². The summed E-state index contributed by atoms with van der Waals surface area (Å²) in [5, 5.41) is 0. The average Bonchev–Trinajstić information content (AvgIpc) is 2.46. The summed E-state index contributed by atoms with van der Waals surface area (Å²) < 4.78 is 5.56. The molecular weight excluding hydrogens is 236 g/mol. The van der Waals surface area contributed by atoms with Crippen molar-refractivity contribution in [1.29, 1.82) is 0 Å². The van der Waals surface area contributed by atoms with E-state index in [1.807, 2.05) is 18.2 Å². The van der Waals surface area contributed by atoms with E-state index < -0.39 is 5.41 Å². The van der Waals surface area contributed by atoms with Gasteiger partial charge in [0.1, 0.15) is 0 Å². The maximum Gasteiger partial charge on any atom is 0.316 e. The Morgan fingerprint density at radius 3 is 2.37 bits per heavy atom. The first kappa shape index (κ1) is 14.1. The molecule has 0 bridgehead atoms. The molecule has 1 aliphatic carbocycles. The quantitative estimate of drug-likeness (QED) is 0.762. The van der Waals surface area contributed by atoms with Crippen LogP contribution < -0.4 is 0 Å². The van der Waals surface area contributed by atoms with Crippen LogP contribution in [0.3, 0.4) is 0 Å². The molecule has 1 saturated carbocycles. The molecule has 0 unspecified atom stereocenters. The molecule has 1 fully saturated rings. The highest BCUT2D eigenvalue weighted by atomic mass is 16.5. The smallest absolute Gasteiger partial charge is 0.316 e. The summed E-state index contributed by atoms with van der Waals surface area (Å²) in [5.74, 6) is 0.368. The van der Waals surface area contributed by atoms with Crippen LogP contribution in [0, 0.1) is 5.92 Å². The summed E-state index contributed by atoms with van der Waals surface area (Å²) in [6.07, 6.45) is 5.31. The van der Waals surface area contributed by atoms with Gasteiger partial charge in [0.05, 0.1) is 12.0 Å². The Bertz CT molecular complexity index is 403. The van der Waals surface area contributed by atoms with Crippen molar-refractivity contribution in [2.24, 2.45) is 5.92 Å². The van der Waals surface area contributed by atoms with E-state index in [4.69, 9.17) is 4.74 Å². The van der Waals surface area contributed by atoms with E-state index in [1.54, 1.807) is 0 Å². The molecule has 0 amide bonds. The Kier molecular flexibility index (Phi) is 4.62. The van der Waals surface area contributed by atoms with Gasteiger partial charge in [-0.1, -0.05) is 63.4 Å². The molecular formula is C17H24O2. The van der Waals surface area contributed by atoms with Crippen LogP contribution in [0.5, 0.6) is 0 Å². The van der Waals surface area contributed by atoms with Gasteiger partial charge < -0.3 is 4.74 Å². The van der Waals surface area contributed by atoms with E-state index in [0.29, 0.717) is 12.5 Å². The standard InChI is InChI=1S/C17H24O2/c1-14(2)13-19-16(18)17(11-7-4-8-12-17)15-9-5-3-6-10-15/h3,5-6,9-10,14H,4,7-8,11-13H2,1-2H3. The Balaban J connectivity index is 2.22. The number of esters is 1. The molecule has 0 aromatic heterocycles. The van der Waals surface area contributed by atoms with Gasteiger partial charge >= 0.3 is 5.97 Å². The highest BCUT2D eigenvalue weighted by Gasteiger charge is 2.42. The molecule has 0 atom stereocenters. The highest BCUT2D eigenvalue weighted by molar-refractivity contribution is 5.83. The molecule has 2 heteroatoms. The number of hydrogen-bond donors (Lipinski definition) is 0. The van der Waals surface area contributed by atoms with Crippen LogP contribution in [0.2, 0.25) is 0 Å².